The van der Waals surface area contributed by atoms with E-state index in [4.69, 9.17) is 4.74 Å². The van der Waals surface area contributed by atoms with Crippen LogP contribution in [-0.4, -0.2) is 77.6 Å². The van der Waals surface area contributed by atoms with Gasteiger partial charge in [-0.2, -0.15) is 0 Å². The van der Waals surface area contributed by atoms with E-state index in [-0.39, 0.29) is 24.0 Å². The van der Waals surface area contributed by atoms with Crippen molar-refractivity contribution in [2.75, 3.05) is 32.8 Å². The number of fused-ring (bicyclic) bond motifs is 3. The molecule has 27 heavy (non-hydrogen) atoms. The van der Waals surface area contributed by atoms with Crippen LogP contribution in [0.3, 0.4) is 0 Å². The number of hydrogen-bond acceptors (Lipinski definition) is 4. The Bertz CT molecular complexity index is 569. The summed E-state index contributed by atoms with van der Waals surface area (Å²) >= 11 is 0. The molecule has 0 aromatic carbocycles. The summed E-state index contributed by atoms with van der Waals surface area (Å²) in [4.78, 5) is 32.5. The maximum Gasteiger partial charge on any atom is 0.327 e. The van der Waals surface area contributed by atoms with Gasteiger partial charge in [0.1, 0.15) is 6.04 Å². The second-order valence-corrected chi connectivity index (χ2v) is 8.95. The van der Waals surface area contributed by atoms with Crippen molar-refractivity contribution >= 4 is 11.9 Å². The summed E-state index contributed by atoms with van der Waals surface area (Å²) in [6.07, 6.45) is 7.58. The number of nitrogens with zero attached hydrogens (tertiary/aromatic N) is 3. The van der Waals surface area contributed by atoms with E-state index in [1.54, 1.807) is 4.90 Å². The van der Waals surface area contributed by atoms with Gasteiger partial charge in [-0.05, 0) is 50.9 Å². The first-order valence-electron chi connectivity index (χ1n) is 11.1. The molecule has 4 rings (SSSR count). The minimum Gasteiger partial charge on any atom is -0.382 e. The lowest BCUT2D eigenvalue weighted by molar-refractivity contribution is -0.131. The second-order valence-electron chi connectivity index (χ2n) is 8.95. The largest absolute Gasteiger partial charge is 0.382 e. The molecule has 0 radical (unpaired) electrons. The number of amides is 3. The SMILES string of the molecule is CCOCCCN1CCC(N2C(=O)C3CC4CCCCC4N3C2=O)C(C)C1. The third kappa shape index (κ3) is 3.51. The summed E-state index contributed by atoms with van der Waals surface area (Å²) < 4.78 is 5.44. The number of urea groups is 1. The van der Waals surface area contributed by atoms with E-state index in [1.165, 1.54) is 19.3 Å². The van der Waals surface area contributed by atoms with Gasteiger partial charge in [0.2, 0.25) is 0 Å². The van der Waals surface area contributed by atoms with Crippen LogP contribution in [0, 0.1) is 11.8 Å². The molecule has 3 amide bonds. The van der Waals surface area contributed by atoms with E-state index in [1.807, 2.05) is 11.8 Å². The monoisotopic (exact) mass is 377 g/mol. The predicted octanol–water partition coefficient (Wildman–Crippen LogP) is 2.72. The van der Waals surface area contributed by atoms with Crippen LogP contribution in [0.15, 0.2) is 0 Å². The zero-order chi connectivity index (χ0) is 19.0. The molecule has 5 unspecified atom stereocenters. The molecule has 152 valence electrons. The average molecular weight is 378 g/mol. The zero-order valence-electron chi connectivity index (χ0n) is 16.9. The number of ether oxygens (including phenoxy) is 1. The number of carbonyl (C=O) groups is 2. The fourth-order valence-electron chi connectivity index (χ4n) is 5.98. The van der Waals surface area contributed by atoms with Crippen LogP contribution in [0.5, 0.6) is 0 Å². The van der Waals surface area contributed by atoms with Gasteiger partial charge in [-0.1, -0.05) is 19.8 Å². The van der Waals surface area contributed by atoms with Gasteiger partial charge in [-0.25, -0.2) is 4.79 Å². The van der Waals surface area contributed by atoms with E-state index in [9.17, 15) is 9.59 Å². The molecule has 4 aliphatic rings. The molecule has 1 saturated carbocycles. The van der Waals surface area contributed by atoms with Crippen LogP contribution < -0.4 is 0 Å². The van der Waals surface area contributed by atoms with Crippen molar-refractivity contribution in [3.05, 3.63) is 0 Å². The lowest BCUT2D eigenvalue weighted by Gasteiger charge is -2.41. The normalized spacial score (nSPS) is 37.0. The molecule has 6 heteroatoms. The van der Waals surface area contributed by atoms with Crippen LogP contribution in [0.25, 0.3) is 0 Å². The predicted molar refractivity (Wildman–Crippen MR) is 103 cm³/mol. The van der Waals surface area contributed by atoms with Crippen LogP contribution in [0.4, 0.5) is 4.79 Å². The minimum atomic E-state index is -0.165. The molecule has 0 aromatic heterocycles. The van der Waals surface area contributed by atoms with Crippen LogP contribution in [-0.2, 0) is 9.53 Å². The molecule has 6 nitrogen and oxygen atoms in total. The first kappa shape index (κ1) is 19.2. The van der Waals surface area contributed by atoms with E-state index in [0.717, 1.165) is 58.5 Å². The van der Waals surface area contributed by atoms with Crippen molar-refractivity contribution in [2.24, 2.45) is 11.8 Å². The van der Waals surface area contributed by atoms with Gasteiger partial charge < -0.3 is 14.5 Å². The van der Waals surface area contributed by atoms with Crippen LogP contribution in [0.2, 0.25) is 0 Å². The fraction of sp³-hybridized carbons (Fsp3) is 0.905. The molecule has 3 aliphatic heterocycles. The third-order valence-electron chi connectivity index (χ3n) is 7.28. The van der Waals surface area contributed by atoms with Crippen molar-refractivity contribution in [3.63, 3.8) is 0 Å². The highest BCUT2D eigenvalue weighted by Gasteiger charge is 2.57. The quantitative estimate of drug-likeness (QED) is 0.528. The summed E-state index contributed by atoms with van der Waals surface area (Å²) in [7, 11) is 0. The molecule has 0 spiro atoms. The van der Waals surface area contributed by atoms with Crippen molar-refractivity contribution in [1.82, 2.24) is 14.7 Å². The number of likely N-dealkylation sites (tertiary alicyclic amines) is 1. The maximum atomic E-state index is 13.2. The molecule has 5 atom stereocenters. The van der Waals surface area contributed by atoms with Gasteiger partial charge in [0.05, 0.1) is 0 Å². The number of hydrogen-bond donors (Lipinski definition) is 0. The van der Waals surface area contributed by atoms with Gasteiger partial charge in [0.15, 0.2) is 0 Å². The summed E-state index contributed by atoms with van der Waals surface area (Å²) in [5.41, 5.74) is 0. The standard InChI is InChI=1S/C21H35N3O3/c1-3-27-12-6-10-22-11-9-17(15(2)14-22)24-20(25)19-13-16-7-4-5-8-18(16)23(19)21(24)26/h15-19H,3-14H2,1-2H3. The molecule has 0 aromatic rings. The Morgan fingerprint density at radius 1 is 1.11 bits per heavy atom. The van der Waals surface area contributed by atoms with Gasteiger partial charge in [-0.3, -0.25) is 9.69 Å². The summed E-state index contributed by atoms with van der Waals surface area (Å²) in [6.45, 7) is 8.78. The number of imide groups is 1. The Morgan fingerprint density at radius 2 is 1.93 bits per heavy atom. The van der Waals surface area contributed by atoms with E-state index in [2.05, 4.69) is 11.8 Å². The second kappa shape index (κ2) is 8.08. The van der Waals surface area contributed by atoms with Gasteiger partial charge in [-0.15, -0.1) is 0 Å². The van der Waals surface area contributed by atoms with Crippen molar-refractivity contribution < 1.29 is 14.3 Å². The van der Waals surface area contributed by atoms with E-state index < -0.39 is 0 Å². The third-order valence-corrected chi connectivity index (χ3v) is 7.28. The first-order valence-corrected chi connectivity index (χ1v) is 11.1. The summed E-state index contributed by atoms with van der Waals surface area (Å²) in [6, 6.07) is 0.239. The van der Waals surface area contributed by atoms with Gasteiger partial charge in [0, 0.05) is 44.9 Å². The number of carbonyl (C=O) groups excluding carboxylic acids is 2. The average Bonchev–Trinajstić information content (AvgIpc) is 3.16. The van der Waals surface area contributed by atoms with Crippen LogP contribution in [0.1, 0.15) is 58.8 Å². The smallest absolute Gasteiger partial charge is 0.327 e. The number of piperidine rings is 1. The highest BCUT2D eigenvalue weighted by molar-refractivity contribution is 6.05. The van der Waals surface area contributed by atoms with E-state index >= 15 is 0 Å². The first-order chi connectivity index (χ1) is 13.1. The molecule has 3 heterocycles. The molecule has 0 N–H and O–H groups in total. The summed E-state index contributed by atoms with van der Waals surface area (Å²) in [5, 5.41) is 0. The lowest BCUT2D eigenvalue weighted by Crippen LogP contribution is -2.53. The molecular formula is C21H35N3O3. The van der Waals surface area contributed by atoms with Crippen LogP contribution >= 0.6 is 0 Å². The highest BCUT2D eigenvalue weighted by atomic mass is 16.5. The molecule has 1 aliphatic carbocycles. The lowest BCUT2D eigenvalue weighted by atomic mass is 9.84. The maximum absolute atomic E-state index is 13.2. The van der Waals surface area contributed by atoms with Crippen molar-refractivity contribution in [2.45, 2.75) is 76.9 Å². The Balaban J connectivity index is 1.37. The zero-order valence-corrected chi connectivity index (χ0v) is 16.9. The highest BCUT2D eigenvalue weighted by Crippen LogP contribution is 2.44. The molecule has 0 bridgehead atoms. The Labute approximate surface area is 163 Å². The molecular weight excluding hydrogens is 342 g/mol. The Morgan fingerprint density at radius 3 is 2.70 bits per heavy atom. The Hall–Kier alpha value is -1.14. The van der Waals surface area contributed by atoms with E-state index in [0.29, 0.717) is 17.9 Å². The van der Waals surface area contributed by atoms with Crippen molar-refractivity contribution in [3.8, 4) is 0 Å². The molecule has 3 saturated heterocycles. The fourth-order valence-corrected chi connectivity index (χ4v) is 5.98. The van der Waals surface area contributed by atoms with Crippen molar-refractivity contribution in [1.29, 1.82) is 0 Å². The topological polar surface area (TPSA) is 53.1 Å². The molecule has 4 fully saturated rings. The van der Waals surface area contributed by atoms with Gasteiger partial charge in [0.25, 0.3) is 5.91 Å². The number of rotatable bonds is 6. The van der Waals surface area contributed by atoms with Gasteiger partial charge >= 0.3 is 6.03 Å². The minimum absolute atomic E-state index is 0.0149. The Kier molecular flexibility index (Phi) is 5.74. The summed E-state index contributed by atoms with van der Waals surface area (Å²) in [5.74, 6) is 0.986.